The highest BCUT2D eigenvalue weighted by Gasteiger charge is 2.56. The van der Waals surface area contributed by atoms with E-state index in [1.165, 1.54) is 0 Å². The number of nitrogens with zero attached hydrogens (tertiary/aromatic N) is 5. The van der Waals surface area contributed by atoms with Gasteiger partial charge in [-0.15, -0.1) is 5.10 Å². The summed E-state index contributed by atoms with van der Waals surface area (Å²) in [5, 5.41) is 5.51. The van der Waals surface area contributed by atoms with Crippen LogP contribution in [0, 0.1) is 11.3 Å². The third-order valence-electron chi connectivity index (χ3n) is 5.19. The molecular formula is C16H17N5O2S. The van der Waals surface area contributed by atoms with Crippen LogP contribution in [0.5, 0.6) is 0 Å². The van der Waals surface area contributed by atoms with Crippen molar-refractivity contribution in [3.63, 3.8) is 0 Å². The molecule has 2 saturated heterocycles. The van der Waals surface area contributed by atoms with E-state index < -0.39 is 5.41 Å². The Kier molecular flexibility index (Phi) is 3.56. The quantitative estimate of drug-likeness (QED) is 0.824. The van der Waals surface area contributed by atoms with Crippen molar-refractivity contribution in [1.82, 2.24) is 19.5 Å². The molecule has 2 aromatic heterocycles. The molecule has 2 aliphatic rings. The predicted octanol–water partition coefficient (Wildman–Crippen LogP) is 1.45. The van der Waals surface area contributed by atoms with E-state index in [0.29, 0.717) is 25.3 Å². The zero-order valence-electron chi connectivity index (χ0n) is 13.3. The molecule has 2 fully saturated rings. The molecule has 0 unspecified atom stereocenters. The van der Waals surface area contributed by atoms with Gasteiger partial charge < -0.3 is 9.80 Å². The summed E-state index contributed by atoms with van der Waals surface area (Å²) in [6, 6.07) is 3.73. The molecule has 0 N–H and O–H groups in total. The number of carbonyl (C=O) groups excluding carboxylic acids is 2. The summed E-state index contributed by atoms with van der Waals surface area (Å²) in [5.74, 6) is 0.0667. The molecule has 2 amide bonds. The monoisotopic (exact) mass is 343 g/mol. The van der Waals surface area contributed by atoms with Gasteiger partial charge in [0.1, 0.15) is 0 Å². The van der Waals surface area contributed by atoms with E-state index in [1.54, 1.807) is 27.6 Å². The van der Waals surface area contributed by atoms with E-state index in [4.69, 9.17) is 0 Å². The van der Waals surface area contributed by atoms with Crippen LogP contribution in [-0.2, 0) is 4.79 Å². The zero-order chi connectivity index (χ0) is 16.7. The van der Waals surface area contributed by atoms with Crippen LogP contribution in [0.3, 0.4) is 0 Å². The van der Waals surface area contributed by atoms with Crippen molar-refractivity contribution in [3.8, 4) is 0 Å². The molecule has 0 radical (unpaired) electrons. The van der Waals surface area contributed by atoms with E-state index in [9.17, 15) is 9.59 Å². The third-order valence-corrected chi connectivity index (χ3v) is 5.69. The highest BCUT2D eigenvalue weighted by atomic mass is 32.1. The first-order valence-electron chi connectivity index (χ1n) is 7.90. The molecule has 0 bridgehead atoms. The number of hydrogen-bond acceptors (Lipinski definition) is 6. The minimum Gasteiger partial charge on any atom is -0.336 e. The number of pyridine rings is 1. The van der Waals surface area contributed by atoms with Crippen LogP contribution in [-0.4, -0.2) is 50.9 Å². The maximum Gasteiger partial charge on any atom is 0.275 e. The van der Waals surface area contributed by atoms with Crippen LogP contribution >= 0.6 is 11.5 Å². The first kappa shape index (κ1) is 15.2. The normalized spacial score (nSPS) is 26.5. The van der Waals surface area contributed by atoms with Crippen LogP contribution in [0.15, 0.2) is 29.9 Å². The van der Waals surface area contributed by atoms with Crippen molar-refractivity contribution >= 4 is 29.0 Å². The van der Waals surface area contributed by atoms with E-state index in [-0.39, 0.29) is 17.7 Å². The maximum absolute atomic E-state index is 13.1. The van der Waals surface area contributed by atoms with Crippen molar-refractivity contribution < 1.29 is 9.59 Å². The summed E-state index contributed by atoms with van der Waals surface area (Å²) in [6.45, 7) is 3.73. The van der Waals surface area contributed by atoms with Crippen molar-refractivity contribution in [2.45, 2.75) is 13.3 Å². The predicted molar refractivity (Wildman–Crippen MR) is 88.6 cm³/mol. The molecule has 7 nitrogen and oxygen atoms in total. The number of anilines is 1. The van der Waals surface area contributed by atoms with E-state index >= 15 is 0 Å². The number of carbonyl (C=O) groups is 2. The standard InChI is InChI=1S/C16H17N5O2S/c1-11-8-20(14(22)13-9-24-19-18-13)10-16(11)4-6-21(15(16)23)12-3-2-5-17-7-12/h2-3,5,7,9,11H,4,6,8,10H2,1H3/t11-,16-/m1/s1. The third kappa shape index (κ3) is 2.21. The lowest BCUT2D eigenvalue weighted by Gasteiger charge is -2.26. The van der Waals surface area contributed by atoms with Gasteiger partial charge in [-0.2, -0.15) is 0 Å². The molecule has 8 heteroatoms. The lowest BCUT2D eigenvalue weighted by molar-refractivity contribution is -0.126. The largest absolute Gasteiger partial charge is 0.336 e. The summed E-state index contributed by atoms with van der Waals surface area (Å²) in [4.78, 5) is 33.3. The fourth-order valence-electron chi connectivity index (χ4n) is 3.79. The molecule has 4 rings (SSSR count). The second kappa shape index (κ2) is 5.62. The zero-order valence-corrected chi connectivity index (χ0v) is 14.1. The summed E-state index contributed by atoms with van der Waals surface area (Å²) < 4.78 is 3.75. The Morgan fingerprint density at radius 3 is 3.04 bits per heavy atom. The molecule has 124 valence electrons. The van der Waals surface area contributed by atoms with Gasteiger partial charge >= 0.3 is 0 Å². The van der Waals surface area contributed by atoms with E-state index in [0.717, 1.165) is 23.6 Å². The molecule has 1 spiro atoms. The molecule has 24 heavy (non-hydrogen) atoms. The fourth-order valence-corrected chi connectivity index (χ4v) is 4.22. The molecular weight excluding hydrogens is 326 g/mol. The lowest BCUT2D eigenvalue weighted by atomic mass is 9.78. The average Bonchev–Trinajstić information content (AvgIpc) is 3.31. The number of aromatic nitrogens is 3. The molecule has 2 atom stereocenters. The van der Waals surface area contributed by atoms with E-state index in [1.807, 2.05) is 12.1 Å². The molecule has 4 heterocycles. The summed E-state index contributed by atoms with van der Waals surface area (Å²) >= 11 is 1.16. The van der Waals surface area contributed by atoms with Crippen LogP contribution in [0.25, 0.3) is 0 Å². The van der Waals surface area contributed by atoms with Crippen molar-refractivity contribution in [1.29, 1.82) is 0 Å². The Balaban J connectivity index is 1.58. The van der Waals surface area contributed by atoms with Crippen LogP contribution < -0.4 is 4.90 Å². The topological polar surface area (TPSA) is 79.3 Å². The summed E-state index contributed by atoms with van der Waals surface area (Å²) in [5.41, 5.74) is 0.674. The molecule has 0 aliphatic carbocycles. The Morgan fingerprint density at radius 2 is 2.33 bits per heavy atom. The fraction of sp³-hybridized carbons (Fsp3) is 0.438. The van der Waals surface area contributed by atoms with Gasteiger partial charge in [0.15, 0.2) is 5.69 Å². The number of rotatable bonds is 2. The molecule has 0 saturated carbocycles. The molecule has 2 aromatic rings. The molecule has 0 aromatic carbocycles. The van der Waals surface area contributed by atoms with Crippen LogP contribution in [0.2, 0.25) is 0 Å². The van der Waals surface area contributed by atoms with Gasteiger partial charge in [0.2, 0.25) is 5.91 Å². The second-order valence-electron chi connectivity index (χ2n) is 6.45. The Labute approximate surface area is 143 Å². The van der Waals surface area contributed by atoms with E-state index in [2.05, 4.69) is 21.5 Å². The lowest BCUT2D eigenvalue weighted by Crippen LogP contribution is -2.40. The van der Waals surface area contributed by atoms with Gasteiger partial charge in [0, 0.05) is 31.2 Å². The first-order valence-corrected chi connectivity index (χ1v) is 8.74. The van der Waals surface area contributed by atoms with Gasteiger partial charge in [0.25, 0.3) is 5.91 Å². The van der Waals surface area contributed by atoms with Crippen molar-refractivity contribution in [3.05, 3.63) is 35.6 Å². The van der Waals surface area contributed by atoms with Gasteiger partial charge in [-0.05, 0) is 36.0 Å². The van der Waals surface area contributed by atoms with Gasteiger partial charge in [0.05, 0.1) is 17.3 Å². The highest BCUT2D eigenvalue weighted by Crippen LogP contribution is 2.46. The minimum atomic E-state index is -0.505. The Bertz CT molecular complexity index is 766. The van der Waals surface area contributed by atoms with Crippen LogP contribution in [0.4, 0.5) is 5.69 Å². The maximum atomic E-state index is 13.1. The smallest absolute Gasteiger partial charge is 0.275 e. The van der Waals surface area contributed by atoms with Gasteiger partial charge in [-0.3, -0.25) is 14.6 Å². The number of likely N-dealkylation sites (tertiary alicyclic amines) is 1. The summed E-state index contributed by atoms with van der Waals surface area (Å²) in [7, 11) is 0. The Morgan fingerprint density at radius 1 is 1.46 bits per heavy atom. The Hall–Kier alpha value is -2.35. The average molecular weight is 343 g/mol. The SMILES string of the molecule is C[C@@H]1CN(C(=O)c2csnn2)C[C@]12CCN(c1cccnc1)C2=O. The first-order chi connectivity index (χ1) is 11.6. The summed E-state index contributed by atoms with van der Waals surface area (Å²) in [6.07, 6.45) is 4.15. The van der Waals surface area contributed by atoms with Crippen LogP contribution in [0.1, 0.15) is 23.8 Å². The number of amides is 2. The van der Waals surface area contributed by atoms with Crippen molar-refractivity contribution in [2.24, 2.45) is 11.3 Å². The number of hydrogen-bond donors (Lipinski definition) is 0. The second-order valence-corrected chi connectivity index (χ2v) is 7.06. The minimum absolute atomic E-state index is 0.0923. The highest BCUT2D eigenvalue weighted by molar-refractivity contribution is 7.03. The van der Waals surface area contributed by atoms with Crippen molar-refractivity contribution in [2.75, 3.05) is 24.5 Å². The molecule has 2 aliphatic heterocycles. The van der Waals surface area contributed by atoms with Gasteiger partial charge in [-0.25, -0.2) is 0 Å². The van der Waals surface area contributed by atoms with Gasteiger partial charge in [-0.1, -0.05) is 11.4 Å².